The van der Waals surface area contributed by atoms with E-state index in [4.69, 9.17) is 9.47 Å². The number of rotatable bonds is 6. The summed E-state index contributed by atoms with van der Waals surface area (Å²) in [6, 6.07) is 11.7. The minimum Gasteiger partial charge on any atom is -0.486 e. The number of ether oxygens (including phenoxy) is 2. The van der Waals surface area contributed by atoms with Gasteiger partial charge in [-0.1, -0.05) is 12.1 Å². The molecule has 1 aliphatic heterocycles. The van der Waals surface area contributed by atoms with Crippen molar-refractivity contribution in [2.45, 2.75) is 17.9 Å². The Morgan fingerprint density at radius 1 is 1.22 bits per heavy atom. The normalized spacial score (nSPS) is 13.7. The average Bonchev–Trinajstić information content (AvgIpc) is 2.70. The molecule has 0 saturated carbocycles. The van der Waals surface area contributed by atoms with Gasteiger partial charge in [-0.2, -0.15) is 0 Å². The van der Waals surface area contributed by atoms with Gasteiger partial charge in [0.2, 0.25) is 5.91 Å². The second-order valence-electron chi connectivity index (χ2n) is 6.13. The molecule has 1 amide bonds. The minimum atomic E-state index is -0.435. The van der Waals surface area contributed by atoms with Gasteiger partial charge in [0.1, 0.15) is 13.2 Å². The van der Waals surface area contributed by atoms with E-state index in [0.29, 0.717) is 24.7 Å². The Morgan fingerprint density at radius 2 is 1.96 bits per heavy atom. The molecule has 0 unspecified atom stereocenters. The van der Waals surface area contributed by atoms with Crippen LogP contribution in [0.1, 0.15) is 18.5 Å². The van der Waals surface area contributed by atoms with Crippen LogP contribution in [0.15, 0.2) is 47.4 Å². The van der Waals surface area contributed by atoms with E-state index in [0.717, 1.165) is 10.5 Å². The van der Waals surface area contributed by atoms with Crippen LogP contribution in [0.3, 0.4) is 0 Å². The highest BCUT2D eigenvalue weighted by Gasteiger charge is 2.20. The van der Waals surface area contributed by atoms with Gasteiger partial charge in [-0.15, -0.1) is 11.8 Å². The standard InChI is InChI=1S/C19H20N2O5S/c1-13(14-4-3-5-15(10-14)21(23)24)20(2)19(22)12-27-16-6-7-17-18(11-16)26-9-8-25-17/h3-7,10-11,13H,8-9,12H2,1-2H3/t13-/m1/s1. The minimum absolute atomic E-state index is 0.0193. The van der Waals surface area contributed by atoms with Crippen molar-refractivity contribution in [2.75, 3.05) is 26.0 Å². The zero-order valence-corrected chi connectivity index (χ0v) is 15.9. The number of fused-ring (bicyclic) bond motifs is 1. The highest BCUT2D eigenvalue weighted by atomic mass is 32.2. The number of amides is 1. The molecule has 2 aromatic rings. The van der Waals surface area contributed by atoms with Crippen LogP contribution in [0.2, 0.25) is 0 Å². The SMILES string of the molecule is C[C@H](c1cccc([N+](=O)[O-])c1)N(C)C(=O)CSc1ccc2c(c1)OCCO2. The van der Waals surface area contributed by atoms with Crippen molar-refractivity contribution in [1.82, 2.24) is 4.90 Å². The van der Waals surface area contributed by atoms with E-state index in [1.54, 1.807) is 24.1 Å². The van der Waals surface area contributed by atoms with Crippen LogP contribution < -0.4 is 9.47 Å². The second-order valence-corrected chi connectivity index (χ2v) is 7.18. The maximum absolute atomic E-state index is 12.6. The number of thioether (sulfide) groups is 1. The van der Waals surface area contributed by atoms with Crippen LogP contribution in [0, 0.1) is 10.1 Å². The maximum atomic E-state index is 12.6. The van der Waals surface area contributed by atoms with Crippen LogP contribution in [0.4, 0.5) is 5.69 Å². The molecule has 0 aromatic heterocycles. The van der Waals surface area contributed by atoms with Crippen molar-refractivity contribution in [3.63, 3.8) is 0 Å². The summed E-state index contributed by atoms with van der Waals surface area (Å²) in [6.07, 6.45) is 0. The molecule has 0 N–H and O–H groups in total. The molecule has 27 heavy (non-hydrogen) atoms. The molecule has 1 aliphatic rings. The first-order chi connectivity index (χ1) is 13.0. The third-order valence-corrected chi connectivity index (χ3v) is 5.39. The van der Waals surface area contributed by atoms with Gasteiger partial charge in [-0.25, -0.2) is 0 Å². The van der Waals surface area contributed by atoms with Crippen molar-refractivity contribution in [1.29, 1.82) is 0 Å². The number of nitro groups is 1. The van der Waals surface area contributed by atoms with Gasteiger partial charge in [-0.3, -0.25) is 14.9 Å². The molecule has 142 valence electrons. The summed E-state index contributed by atoms with van der Waals surface area (Å²) in [5.41, 5.74) is 0.746. The summed E-state index contributed by atoms with van der Waals surface area (Å²) >= 11 is 1.42. The molecule has 0 fully saturated rings. The fourth-order valence-corrected chi connectivity index (χ4v) is 3.55. The predicted octanol–water partition coefficient (Wildman–Crippen LogP) is 3.68. The van der Waals surface area contributed by atoms with Crippen molar-refractivity contribution < 1.29 is 19.2 Å². The van der Waals surface area contributed by atoms with Gasteiger partial charge >= 0.3 is 0 Å². The summed E-state index contributed by atoms with van der Waals surface area (Å²) in [4.78, 5) is 25.6. The first kappa shape index (κ1) is 19.0. The second kappa shape index (κ2) is 8.30. The maximum Gasteiger partial charge on any atom is 0.269 e. The van der Waals surface area contributed by atoms with E-state index in [1.165, 1.54) is 23.9 Å². The van der Waals surface area contributed by atoms with Crippen LogP contribution in [-0.2, 0) is 4.79 Å². The van der Waals surface area contributed by atoms with Gasteiger partial charge in [0.15, 0.2) is 11.5 Å². The molecule has 0 bridgehead atoms. The van der Waals surface area contributed by atoms with E-state index in [1.807, 2.05) is 25.1 Å². The third kappa shape index (κ3) is 4.51. The number of carbonyl (C=O) groups is 1. The molecular weight excluding hydrogens is 368 g/mol. The van der Waals surface area contributed by atoms with Crippen molar-refractivity contribution in [2.24, 2.45) is 0 Å². The van der Waals surface area contributed by atoms with Crippen molar-refractivity contribution >= 4 is 23.4 Å². The Morgan fingerprint density at radius 3 is 2.70 bits per heavy atom. The average molecular weight is 388 g/mol. The van der Waals surface area contributed by atoms with Crippen LogP contribution in [0.5, 0.6) is 11.5 Å². The molecule has 1 atom stereocenters. The van der Waals surface area contributed by atoms with E-state index in [-0.39, 0.29) is 23.4 Å². The molecule has 2 aromatic carbocycles. The van der Waals surface area contributed by atoms with E-state index < -0.39 is 4.92 Å². The van der Waals surface area contributed by atoms with Gasteiger partial charge in [-0.05, 0) is 30.7 Å². The first-order valence-electron chi connectivity index (χ1n) is 8.48. The highest BCUT2D eigenvalue weighted by Crippen LogP contribution is 2.34. The predicted molar refractivity (Wildman–Crippen MR) is 102 cm³/mol. The lowest BCUT2D eigenvalue weighted by Crippen LogP contribution is -2.31. The summed E-state index contributed by atoms with van der Waals surface area (Å²) < 4.78 is 11.0. The molecule has 8 heteroatoms. The van der Waals surface area contributed by atoms with Crippen LogP contribution in [0.25, 0.3) is 0 Å². The Balaban J connectivity index is 1.62. The number of nitro benzene ring substituents is 1. The smallest absolute Gasteiger partial charge is 0.269 e. The van der Waals surface area contributed by atoms with Crippen LogP contribution >= 0.6 is 11.8 Å². The van der Waals surface area contributed by atoms with Crippen molar-refractivity contribution in [3.05, 3.63) is 58.1 Å². The number of benzene rings is 2. The molecule has 0 aliphatic carbocycles. The highest BCUT2D eigenvalue weighted by molar-refractivity contribution is 8.00. The van der Waals surface area contributed by atoms with Gasteiger partial charge < -0.3 is 14.4 Å². The monoisotopic (exact) mass is 388 g/mol. The van der Waals surface area contributed by atoms with Gasteiger partial charge in [0.05, 0.1) is 16.7 Å². The Labute approximate surface area is 161 Å². The molecule has 0 spiro atoms. The molecule has 3 rings (SSSR count). The third-order valence-electron chi connectivity index (χ3n) is 4.41. The zero-order valence-electron chi connectivity index (χ0n) is 15.1. The van der Waals surface area contributed by atoms with E-state index in [2.05, 4.69) is 0 Å². The molecule has 0 radical (unpaired) electrons. The number of hydrogen-bond acceptors (Lipinski definition) is 6. The Kier molecular flexibility index (Phi) is 5.85. The number of nitrogens with zero attached hydrogens (tertiary/aromatic N) is 2. The zero-order chi connectivity index (χ0) is 19.4. The summed E-state index contributed by atoms with van der Waals surface area (Å²) in [5.74, 6) is 1.61. The van der Waals surface area contributed by atoms with Gasteiger partial charge in [0, 0.05) is 24.1 Å². The lowest BCUT2D eigenvalue weighted by atomic mass is 10.1. The summed E-state index contributed by atoms with van der Waals surface area (Å²) in [6.45, 7) is 2.91. The fourth-order valence-electron chi connectivity index (χ4n) is 2.70. The first-order valence-corrected chi connectivity index (χ1v) is 9.46. The summed E-state index contributed by atoms with van der Waals surface area (Å²) in [5, 5.41) is 10.9. The Bertz CT molecular complexity index is 858. The number of hydrogen-bond donors (Lipinski definition) is 0. The quantitative estimate of drug-likeness (QED) is 0.427. The Hall–Kier alpha value is -2.74. The molecule has 0 saturated heterocycles. The number of carbonyl (C=O) groups excluding carboxylic acids is 1. The topological polar surface area (TPSA) is 81.9 Å². The van der Waals surface area contributed by atoms with E-state index >= 15 is 0 Å². The van der Waals surface area contributed by atoms with E-state index in [9.17, 15) is 14.9 Å². The molecule has 7 nitrogen and oxygen atoms in total. The summed E-state index contributed by atoms with van der Waals surface area (Å²) in [7, 11) is 1.70. The van der Waals surface area contributed by atoms with Crippen LogP contribution in [-0.4, -0.2) is 41.7 Å². The van der Waals surface area contributed by atoms with Crippen molar-refractivity contribution in [3.8, 4) is 11.5 Å². The fraction of sp³-hybridized carbons (Fsp3) is 0.316. The lowest BCUT2D eigenvalue weighted by molar-refractivity contribution is -0.384. The van der Waals surface area contributed by atoms with Gasteiger partial charge in [0.25, 0.3) is 5.69 Å². The largest absolute Gasteiger partial charge is 0.486 e. The molecule has 1 heterocycles. The molecular formula is C19H20N2O5S. The number of non-ortho nitro benzene ring substituents is 1. The lowest BCUT2D eigenvalue weighted by Gasteiger charge is -2.25.